The number of amides is 2. The van der Waals surface area contributed by atoms with Crippen molar-refractivity contribution >= 4 is 17.4 Å². The molecule has 9 heteroatoms. The van der Waals surface area contributed by atoms with E-state index in [0.717, 1.165) is 17.7 Å². The third-order valence-corrected chi connectivity index (χ3v) is 3.85. The number of aromatic nitrogens is 2. The van der Waals surface area contributed by atoms with E-state index in [9.17, 15) is 22.8 Å². The Kier molecular flexibility index (Phi) is 5.16. The van der Waals surface area contributed by atoms with Crippen LogP contribution in [0.15, 0.2) is 65.5 Å². The Balaban J connectivity index is 1.68. The summed E-state index contributed by atoms with van der Waals surface area (Å²) >= 11 is 0. The van der Waals surface area contributed by atoms with Crippen molar-refractivity contribution in [3.63, 3.8) is 0 Å². The summed E-state index contributed by atoms with van der Waals surface area (Å²) in [6, 6.07) is 13.3. The van der Waals surface area contributed by atoms with Crippen LogP contribution in [0.25, 0.3) is 11.3 Å². The summed E-state index contributed by atoms with van der Waals surface area (Å²) in [5.41, 5.74) is 0.714. The van der Waals surface area contributed by atoms with Crippen LogP contribution >= 0.6 is 0 Å². The second-order valence-electron chi connectivity index (χ2n) is 5.92. The van der Waals surface area contributed by atoms with Gasteiger partial charge >= 0.3 is 12.2 Å². The Morgan fingerprint density at radius 3 is 2.29 bits per heavy atom. The molecule has 0 fully saturated rings. The first-order valence-electron chi connectivity index (χ1n) is 8.12. The zero-order valence-corrected chi connectivity index (χ0v) is 14.6. The number of anilines is 2. The molecule has 2 aromatic carbocycles. The molecule has 2 amide bonds. The van der Waals surface area contributed by atoms with Crippen molar-refractivity contribution in [2.45, 2.75) is 6.18 Å². The fourth-order valence-electron chi connectivity index (χ4n) is 2.45. The highest BCUT2D eigenvalue weighted by Crippen LogP contribution is 2.30. The normalized spacial score (nSPS) is 11.1. The van der Waals surface area contributed by atoms with Gasteiger partial charge in [-0.3, -0.25) is 4.79 Å². The maximum absolute atomic E-state index is 12.7. The quantitative estimate of drug-likeness (QED) is 0.709. The minimum atomic E-state index is -4.49. The molecule has 1 aromatic heterocycles. The van der Waals surface area contributed by atoms with Crippen LogP contribution in [0.5, 0.6) is 0 Å². The Bertz CT molecular complexity index is 1060. The minimum absolute atomic E-state index is 0.0262. The van der Waals surface area contributed by atoms with E-state index >= 15 is 0 Å². The van der Waals surface area contributed by atoms with Gasteiger partial charge in [-0.25, -0.2) is 9.48 Å². The molecule has 0 aliphatic carbocycles. The molecule has 0 aliphatic heterocycles. The van der Waals surface area contributed by atoms with Crippen LogP contribution in [0.3, 0.4) is 0 Å². The van der Waals surface area contributed by atoms with Crippen molar-refractivity contribution in [2.24, 2.45) is 7.05 Å². The van der Waals surface area contributed by atoms with Crippen molar-refractivity contribution in [3.05, 3.63) is 76.6 Å². The number of alkyl halides is 3. The van der Waals surface area contributed by atoms with E-state index in [1.54, 1.807) is 37.4 Å². The average Bonchev–Trinajstić information content (AvgIpc) is 2.64. The molecular weight excluding hydrogens is 373 g/mol. The van der Waals surface area contributed by atoms with Gasteiger partial charge in [-0.05, 0) is 36.4 Å². The number of hydrogen-bond donors (Lipinski definition) is 2. The summed E-state index contributed by atoms with van der Waals surface area (Å²) in [6.07, 6.45) is -4.49. The highest BCUT2D eigenvalue weighted by Gasteiger charge is 2.30. The van der Waals surface area contributed by atoms with E-state index < -0.39 is 17.8 Å². The molecule has 2 N–H and O–H groups in total. The van der Waals surface area contributed by atoms with Gasteiger partial charge in [0.2, 0.25) is 0 Å². The average molecular weight is 388 g/mol. The molecule has 3 aromatic rings. The number of nitrogens with zero attached hydrogens (tertiary/aromatic N) is 2. The number of halogens is 3. The van der Waals surface area contributed by atoms with Gasteiger partial charge in [-0.2, -0.15) is 18.3 Å². The lowest BCUT2D eigenvalue weighted by Crippen LogP contribution is -2.20. The van der Waals surface area contributed by atoms with Crippen molar-refractivity contribution in [1.29, 1.82) is 0 Å². The van der Waals surface area contributed by atoms with Gasteiger partial charge in [0, 0.05) is 30.1 Å². The van der Waals surface area contributed by atoms with Gasteiger partial charge in [-0.15, -0.1) is 0 Å². The number of benzene rings is 2. The van der Waals surface area contributed by atoms with Crippen molar-refractivity contribution in [1.82, 2.24) is 9.78 Å². The molecule has 3 rings (SSSR count). The summed E-state index contributed by atoms with van der Waals surface area (Å²) in [5.74, 6) is 0. The third kappa shape index (κ3) is 4.56. The lowest BCUT2D eigenvalue weighted by molar-refractivity contribution is -0.137. The first kappa shape index (κ1) is 19.2. The van der Waals surface area contributed by atoms with E-state index in [4.69, 9.17) is 0 Å². The fraction of sp³-hybridized carbons (Fsp3) is 0.105. The molecule has 0 saturated heterocycles. The van der Waals surface area contributed by atoms with E-state index in [0.29, 0.717) is 11.4 Å². The largest absolute Gasteiger partial charge is 0.416 e. The number of aryl methyl sites for hydroxylation is 1. The smallest absolute Gasteiger partial charge is 0.308 e. The van der Waals surface area contributed by atoms with Gasteiger partial charge < -0.3 is 10.6 Å². The molecule has 144 valence electrons. The van der Waals surface area contributed by atoms with Crippen molar-refractivity contribution in [2.75, 3.05) is 10.6 Å². The molecule has 0 atom stereocenters. The van der Waals surface area contributed by atoms with E-state index in [2.05, 4.69) is 15.7 Å². The van der Waals surface area contributed by atoms with Gasteiger partial charge in [0.1, 0.15) is 0 Å². The van der Waals surface area contributed by atoms with Gasteiger partial charge in [0.15, 0.2) is 0 Å². The predicted octanol–water partition coefficient (Wildman–Crippen LogP) is 4.11. The maximum Gasteiger partial charge on any atom is 0.416 e. The highest BCUT2D eigenvalue weighted by atomic mass is 19.4. The lowest BCUT2D eigenvalue weighted by Gasteiger charge is -2.11. The molecule has 0 saturated carbocycles. The first-order chi connectivity index (χ1) is 13.2. The number of carbonyl (C=O) groups excluding carboxylic acids is 1. The molecular formula is C19H15F3N4O2. The summed E-state index contributed by atoms with van der Waals surface area (Å²) in [6.45, 7) is 0. The number of rotatable bonds is 3. The zero-order chi connectivity index (χ0) is 20.3. The Hall–Kier alpha value is -3.62. The SMILES string of the molecule is Cn1nc(-c2ccc(NC(=O)Nc3cccc(C(F)(F)F)c3)cc2)ccc1=O. The molecule has 0 spiro atoms. The molecule has 0 radical (unpaired) electrons. The van der Waals surface area contributed by atoms with Crippen LogP contribution in [0.4, 0.5) is 29.3 Å². The van der Waals surface area contributed by atoms with E-state index in [1.165, 1.54) is 22.9 Å². The van der Waals surface area contributed by atoms with Gasteiger partial charge in [0.05, 0.1) is 11.3 Å². The zero-order valence-electron chi connectivity index (χ0n) is 14.6. The van der Waals surface area contributed by atoms with E-state index in [1.807, 2.05) is 0 Å². The highest BCUT2D eigenvalue weighted by molar-refractivity contribution is 5.99. The Morgan fingerprint density at radius 2 is 1.64 bits per heavy atom. The molecule has 1 heterocycles. The number of urea groups is 1. The van der Waals surface area contributed by atoms with Gasteiger partial charge in [0.25, 0.3) is 5.56 Å². The number of hydrogen-bond acceptors (Lipinski definition) is 3. The molecule has 0 bridgehead atoms. The molecule has 28 heavy (non-hydrogen) atoms. The topological polar surface area (TPSA) is 76.0 Å². The number of carbonyl (C=O) groups is 1. The van der Waals surface area contributed by atoms with E-state index in [-0.39, 0.29) is 11.2 Å². The summed E-state index contributed by atoms with van der Waals surface area (Å²) in [7, 11) is 1.54. The Morgan fingerprint density at radius 1 is 0.964 bits per heavy atom. The van der Waals surface area contributed by atoms with Crippen LogP contribution < -0.4 is 16.2 Å². The summed E-state index contributed by atoms with van der Waals surface area (Å²) < 4.78 is 39.4. The predicted molar refractivity (Wildman–Crippen MR) is 99.0 cm³/mol. The van der Waals surface area contributed by atoms with Crippen LogP contribution in [-0.2, 0) is 13.2 Å². The monoisotopic (exact) mass is 388 g/mol. The fourth-order valence-corrected chi connectivity index (χ4v) is 2.45. The van der Waals surface area contributed by atoms with Gasteiger partial charge in [-0.1, -0.05) is 18.2 Å². The first-order valence-corrected chi connectivity index (χ1v) is 8.12. The van der Waals surface area contributed by atoms with Crippen LogP contribution in [0.1, 0.15) is 5.56 Å². The summed E-state index contributed by atoms with van der Waals surface area (Å²) in [4.78, 5) is 23.4. The van der Waals surface area contributed by atoms with Crippen LogP contribution in [-0.4, -0.2) is 15.8 Å². The standard InChI is InChI=1S/C19H15F3N4O2/c1-26-17(27)10-9-16(25-26)12-5-7-14(8-6-12)23-18(28)24-15-4-2-3-13(11-15)19(20,21)22/h2-11H,1H3,(H2,23,24,28). The maximum atomic E-state index is 12.7. The summed E-state index contributed by atoms with van der Waals surface area (Å²) in [5, 5.41) is 9.03. The van der Waals surface area contributed by atoms with Crippen LogP contribution in [0, 0.1) is 0 Å². The second kappa shape index (κ2) is 7.55. The van der Waals surface area contributed by atoms with Crippen molar-refractivity contribution < 1.29 is 18.0 Å². The lowest BCUT2D eigenvalue weighted by atomic mass is 10.1. The minimum Gasteiger partial charge on any atom is -0.308 e. The third-order valence-electron chi connectivity index (χ3n) is 3.85. The molecule has 0 unspecified atom stereocenters. The second-order valence-corrected chi connectivity index (χ2v) is 5.92. The number of nitrogens with one attached hydrogen (secondary N) is 2. The van der Waals surface area contributed by atoms with Crippen molar-refractivity contribution in [3.8, 4) is 11.3 Å². The molecule has 0 aliphatic rings. The Labute approximate surface area is 157 Å². The molecule has 6 nitrogen and oxygen atoms in total. The van der Waals surface area contributed by atoms with Crippen LogP contribution in [0.2, 0.25) is 0 Å².